The summed E-state index contributed by atoms with van der Waals surface area (Å²) in [5.41, 5.74) is 7.13. The lowest BCUT2D eigenvalue weighted by molar-refractivity contribution is 0.0697. The fraction of sp³-hybridized carbons (Fsp3) is 0.0714. The monoisotopic (exact) mass is 277 g/mol. The van der Waals surface area contributed by atoms with Crippen molar-refractivity contribution in [1.29, 1.82) is 0 Å². The van der Waals surface area contributed by atoms with E-state index in [-0.39, 0.29) is 11.3 Å². The van der Waals surface area contributed by atoms with Gasteiger partial charge in [0.1, 0.15) is 11.5 Å². The van der Waals surface area contributed by atoms with Gasteiger partial charge in [-0.05, 0) is 42.8 Å². The summed E-state index contributed by atoms with van der Waals surface area (Å²) in [4.78, 5) is 10.8. The molecular weight excluding hydrogens is 266 g/mol. The molecule has 2 aromatic carbocycles. The number of benzene rings is 2. The Morgan fingerprint density at radius 1 is 1.21 bits per heavy atom. The first kappa shape index (κ1) is 13.2. The second kappa shape index (κ2) is 5.20. The molecule has 0 aromatic heterocycles. The van der Waals surface area contributed by atoms with Crippen molar-refractivity contribution in [1.82, 2.24) is 0 Å². The molecule has 0 spiro atoms. The maximum Gasteiger partial charge on any atom is 0.335 e. The maximum atomic E-state index is 10.8. The van der Waals surface area contributed by atoms with Gasteiger partial charge in [-0.15, -0.1) is 0 Å². The highest BCUT2D eigenvalue weighted by Crippen LogP contribution is 2.33. The number of nitrogen functional groups attached to an aromatic ring is 1. The first-order valence-corrected chi connectivity index (χ1v) is 5.92. The van der Waals surface area contributed by atoms with E-state index in [1.165, 1.54) is 18.2 Å². The third-order valence-electron chi connectivity index (χ3n) is 2.56. The number of carboxylic acid groups (broad SMARTS) is 1. The van der Waals surface area contributed by atoms with Crippen LogP contribution >= 0.6 is 11.6 Å². The Morgan fingerprint density at radius 3 is 2.47 bits per heavy atom. The van der Waals surface area contributed by atoms with Crippen LogP contribution in [0.5, 0.6) is 11.5 Å². The normalized spacial score (nSPS) is 10.2. The van der Waals surface area contributed by atoms with Gasteiger partial charge in [0.2, 0.25) is 0 Å². The molecule has 0 unspecified atom stereocenters. The van der Waals surface area contributed by atoms with E-state index in [0.29, 0.717) is 16.5 Å². The molecule has 98 valence electrons. The molecule has 5 heteroatoms. The summed E-state index contributed by atoms with van der Waals surface area (Å²) in [5.74, 6) is -0.190. The van der Waals surface area contributed by atoms with E-state index in [9.17, 15) is 4.79 Å². The fourth-order valence-corrected chi connectivity index (χ4v) is 1.86. The Balaban J connectivity index is 2.31. The fourth-order valence-electron chi connectivity index (χ4n) is 1.58. The largest absolute Gasteiger partial charge is 0.478 e. The topological polar surface area (TPSA) is 72.5 Å². The van der Waals surface area contributed by atoms with Crippen LogP contribution in [-0.4, -0.2) is 11.1 Å². The van der Waals surface area contributed by atoms with Gasteiger partial charge in [0, 0.05) is 0 Å². The standard InChI is InChI=1S/C14H12ClNO3/c1-8-2-4-12(10(15)6-8)19-13-5-3-9(14(17)18)7-11(13)16/h2-7H,16H2,1H3,(H,17,18). The van der Waals surface area contributed by atoms with Crippen LogP contribution in [0, 0.1) is 6.92 Å². The zero-order valence-electron chi connectivity index (χ0n) is 10.2. The molecule has 0 aliphatic heterocycles. The zero-order chi connectivity index (χ0) is 14.0. The molecule has 2 rings (SSSR count). The summed E-state index contributed by atoms with van der Waals surface area (Å²) in [7, 11) is 0. The van der Waals surface area contributed by atoms with E-state index in [4.69, 9.17) is 27.2 Å². The number of rotatable bonds is 3. The number of ether oxygens (including phenoxy) is 1. The lowest BCUT2D eigenvalue weighted by Crippen LogP contribution is -1.99. The summed E-state index contributed by atoms with van der Waals surface area (Å²) in [6, 6.07) is 9.66. The van der Waals surface area contributed by atoms with Gasteiger partial charge in [-0.1, -0.05) is 17.7 Å². The molecule has 4 nitrogen and oxygen atoms in total. The van der Waals surface area contributed by atoms with Crippen LogP contribution in [0.15, 0.2) is 36.4 Å². The average Bonchev–Trinajstić information content (AvgIpc) is 2.34. The van der Waals surface area contributed by atoms with Gasteiger partial charge in [0.15, 0.2) is 0 Å². The minimum atomic E-state index is -1.04. The summed E-state index contributed by atoms with van der Waals surface area (Å²) < 4.78 is 5.58. The van der Waals surface area contributed by atoms with Gasteiger partial charge in [-0.2, -0.15) is 0 Å². The smallest absolute Gasteiger partial charge is 0.335 e. The third-order valence-corrected chi connectivity index (χ3v) is 2.86. The molecule has 0 radical (unpaired) electrons. The Kier molecular flexibility index (Phi) is 3.62. The van der Waals surface area contributed by atoms with Gasteiger partial charge in [0.05, 0.1) is 16.3 Å². The van der Waals surface area contributed by atoms with Crippen molar-refractivity contribution in [2.24, 2.45) is 0 Å². The van der Waals surface area contributed by atoms with Crippen LogP contribution in [0.2, 0.25) is 5.02 Å². The molecule has 0 amide bonds. The van der Waals surface area contributed by atoms with Gasteiger partial charge in [-0.3, -0.25) is 0 Å². The van der Waals surface area contributed by atoms with Crippen molar-refractivity contribution in [3.05, 3.63) is 52.5 Å². The van der Waals surface area contributed by atoms with Crippen LogP contribution in [-0.2, 0) is 0 Å². The van der Waals surface area contributed by atoms with Gasteiger partial charge in [-0.25, -0.2) is 4.79 Å². The van der Waals surface area contributed by atoms with Gasteiger partial charge < -0.3 is 15.6 Å². The number of hydrogen-bond acceptors (Lipinski definition) is 3. The Hall–Kier alpha value is -2.20. The molecule has 0 heterocycles. The van der Waals surface area contributed by atoms with E-state index >= 15 is 0 Å². The van der Waals surface area contributed by atoms with Crippen molar-refractivity contribution in [3.63, 3.8) is 0 Å². The van der Waals surface area contributed by atoms with Gasteiger partial charge >= 0.3 is 5.97 Å². The van der Waals surface area contributed by atoms with Crippen molar-refractivity contribution >= 4 is 23.3 Å². The first-order valence-electron chi connectivity index (χ1n) is 5.54. The minimum absolute atomic E-state index is 0.111. The zero-order valence-corrected chi connectivity index (χ0v) is 10.9. The number of halogens is 1. The van der Waals surface area contributed by atoms with E-state index < -0.39 is 5.97 Å². The predicted molar refractivity (Wildman–Crippen MR) is 74.1 cm³/mol. The number of carboxylic acids is 1. The maximum absolute atomic E-state index is 10.8. The number of aromatic carboxylic acids is 1. The summed E-state index contributed by atoms with van der Waals surface area (Å²) >= 11 is 6.05. The lowest BCUT2D eigenvalue weighted by atomic mass is 10.2. The quantitative estimate of drug-likeness (QED) is 0.839. The molecule has 19 heavy (non-hydrogen) atoms. The molecule has 3 N–H and O–H groups in total. The Labute approximate surface area is 115 Å². The molecule has 0 fully saturated rings. The highest BCUT2D eigenvalue weighted by molar-refractivity contribution is 6.32. The van der Waals surface area contributed by atoms with E-state index in [2.05, 4.69) is 0 Å². The number of aryl methyl sites for hydroxylation is 1. The molecule has 0 saturated heterocycles. The van der Waals surface area contributed by atoms with E-state index in [0.717, 1.165) is 5.56 Å². The SMILES string of the molecule is Cc1ccc(Oc2ccc(C(=O)O)cc2N)c(Cl)c1. The molecule has 0 bridgehead atoms. The number of carbonyl (C=O) groups is 1. The van der Waals surface area contributed by atoms with Crippen molar-refractivity contribution in [2.45, 2.75) is 6.92 Å². The van der Waals surface area contributed by atoms with Crippen LogP contribution < -0.4 is 10.5 Å². The predicted octanol–water partition coefficient (Wildman–Crippen LogP) is 3.72. The highest BCUT2D eigenvalue weighted by Gasteiger charge is 2.09. The molecule has 2 aromatic rings. The molecule has 0 saturated carbocycles. The second-order valence-corrected chi connectivity index (χ2v) is 4.50. The van der Waals surface area contributed by atoms with Crippen LogP contribution in [0.1, 0.15) is 15.9 Å². The van der Waals surface area contributed by atoms with E-state index in [1.807, 2.05) is 13.0 Å². The summed E-state index contributed by atoms with van der Waals surface area (Å²) in [6.07, 6.45) is 0. The van der Waals surface area contributed by atoms with Crippen LogP contribution in [0.25, 0.3) is 0 Å². The van der Waals surface area contributed by atoms with Crippen molar-refractivity contribution in [3.8, 4) is 11.5 Å². The van der Waals surface area contributed by atoms with Crippen LogP contribution in [0.4, 0.5) is 5.69 Å². The Bertz CT molecular complexity index is 641. The van der Waals surface area contributed by atoms with Crippen molar-refractivity contribution in [2.75, 3.05) is 5.73 Å². The first-order chi connectivity index (χ1) is 8.97. The molecular formula is C14H12ClNO3. The number of anilines is 1. The molecule has 0 atom stereocenters. The molecule has 0 aliphatic carbocycles. The van der Waals surface area contributed by atoms with E-state index in [1.54, 1.807) is 12.1 Å². The number of nitrogens with two attached hydrogens (primary N) is 1. The second-order valence-electron chi connectivity index (χ2n) is 4.09. The third kappa shape index (κ3) is 2.98. The summed E-state index contributed by atoms with van der Waals surface area (Å²) in [6.45, 7) is 1.92. The highest BCUT2D eigenvalue weighted by atomic mass is 35.5. The average molecular weight is 278 g/mol. The Morgan fingerprint density at radius 2 is 1.89 bits per heavy atom. The van der Waals surface area contributed by atoms with Gasteiger partial charge in [0.25, 0.3) is 0 Å². The van der Waals surface area contributed by atoms with Crippen LogP contribution in [0.3, 0.4) is 0 Å². The lowest BCUT2D eigenvalue weighted by Gasteiger charge is -2.10. The number of hydrogen-bond donors (Lipinski definition) is 2. The molecule has 0 aliphatic rings. The van der Waals surface area contributed by atoms with Crippen molar-refractivity contribution < 1.29 is 14.6 Å². The minimum Gasteiger partial charge on any atom is -0.478 e. The summed E-state index contributed by atoms with van der Waals surface area (Å²) in [5, 5.41) is 9.32.